The van der Waals surface area contributed by atoms with Crippen LogP contribution in [0.15, 0.2) is 77.3 Å². The van der Waals surface area contributed by atoms with Gasteiger partial charge in [-0.3, -0.25) is 4.79 Å². The summed E-state index contributed by atoms with van der Waals surface area (Å²) in [6, 6.07) is 19.6. The molecule has 0 aliphatic carbocycles. The van der Waals surface area contributed by atoms with Crippen LogP contribution in [0.4, 0.5) is 10.1 Å². The molecule has 0 spiro atoms. The van der Waals surface area contributed by atoms with Crippen LogP contribution in [0, 0.1) is 5.82 Å². The van der Waals surface area contributed by atoms with E-state index in [1.165, 1.54) is 24.3 Å². The van der Waals surface area contributed by atoms with Gasteiger partial charge in [-0.05, 0) is 48.5 Å². The number of halogens is 2. The highest BCUT2D eigenvalue weighted by Gasteiger charge is 2.17. The van der Waals surface area contributed by atoms with E-state index < -0.39 is 5.91 Å². The van der Waals surface area contributed by atoms with Crippen LogP contribution in [-0.4, -0.2) is 22.7 Å². The third kappa shape index (κ3) is 4.47. The number of carbonyl (C=O) groups is 1. The molecule has 0 radical (unpaired) electrons. The number of rotatable bonds is 6. The van der Waals surface area contributed by atoms with Gasteiger partial charge in [-0.2, -0.15) is 4.98 Å². The molecule has 0 atom stereocenters. The Morgan fingerprint density at radius 2 is 1.70 bits per heavy atom. The van der Waals surface area contributed by atoms with E-state index in [9.17, 15) is 9.18 Å². The fourth-order valence-corrected chi connectivity index (χ4v) is 2.95. The Kier molecular flexibility index (Phi) is 5.72. The topological polar surface area (TPSA) is 77.2 Å². The fourth-order valence-electron chi connectivity index (χ4n) is 2.73. The molecule has 6 nitrogen and oxygen atoms in total. The minimum atomic E-state index is -0.390. The Morgan fingerprint density at radius 3 is 2.47 bits per heavy atom. The molecule has 0 saturated carbocycles. The highest BCUT2D eigenvalue weighted by molar-refractivity contribution is 6.33. The molecule has 1 N–H and O–H groups in total. The fraction of sp³-hybridized carbons (Fsp3) is 0.0455. The van der Waals surface area contributed by atoms with Gasteiger partial charge in [0.15, 0.2) is 6.61 Å². The van der Waals surface area contributed by atoms with Gasteiger partial charge < -0.3 is 14.6 Å². The monoisotopic (exact) mass is 423 g/mol. The molecule has 4 rings (SSSR count). The van der Waals surface area contributed by atoms with Crippen LogP contribution in [0.5, 0.6) is 5.75 Å². The Hall–Kier alpha value is -3.71. The zero-order valence-electron chi connectivity index (χ0n) is 15.5. The summed E-state index contributed by atoms with van der Waals surface area (Å²) in [6.07, 6.45) is 0. The van der Waals surface area contributed by atoms with Crippen molar-refractivity contribution in [3.8, 4) is 28.6 Å². The van der Waals surface area contributed by atoms with Crippen molar-refractivity contribution in [3.63, 3.8) is 0 Å². The summed E-state index contributed by atoms with van der Waals surface area (Å²) in [7, 11) is 0. The van der Waals surface area contributed by atoms with Crippen LogP contribution in [0.25, 0.3) is 22.8 Å². The van der Waals surface area contributed by atoms with Gasteiger partial charge in [-0.1, -0.05) is 41.0 Å². The first kappa shape index (κ1) is 19.6. The first-order valence-electron chi connectivity index (χ1n) is 8.96. The molecule has 0 bridgehead atoms. The Balaban J connectivity index is 1.49. The van der Waals surface area contributed by atoms with Crippen molar-refractivity contribution in [1.29, 1.82) is 0 Å². The maximum atomic E-state index is 13.0. The summed E-state index contributed by atoms with van der Waals surface area (Å²) in [5, 5.41) is 7.13. The second kappa shape index (κ2) is 8.75. The molecule has 0 aliphatic heterocycles. The van der Waals surface area contributed by atoms with E-state index in [1.54, 1.807) is 36.4 Å². The van der Waals surface area contributed by atoms with Crippen molar-refractivity contribution in [2.24, 2.45) is 0 Å². The number of aromatic nitrogens is 2. The average Bonchev–Trinajstić information content (AvgIpc) is 3.24. The van der Waals surface area contributed by atoms with Gasteiger partial charge in [0.2, 0.25) is 5.82 Å². The zero-order valence-corrected chi connectivity index (χ0v) is 16.3. The molecule has 8 heteroatoms. The largest absolute Gasteiger partial charge is 0.483 e. The molecule has 0 unspecified atom stereocenters. The summed E-state index contributed by atoms with van der Waals surface area (Å²) < 4.78 is 24.0. The van der Waals surface area contributed by atoms with Gasteiger partial charge in [-0.25, -0.2) is 4.39 Å². The van der Waals surface area contributed by atoms with Gasteiger partial charge in [-0.15, -0.1) is 0 Å². The normalized spacial score (nSPS) is 10.6. The summed E-state index contributed by atoms with van der Waals surface area (Å²) >= 11 is 6.19. The third-order valence-corrected chi connectivity index (χ3v) is 4.47. The van der Waals surface area contributed by atoms with Crippen LogP contribution < -0.4 is 10.1 Å². The van der Waals surface area contributed by atoms with Gasteiger partial charge >= 0.3 is 0 Å². The van der Waals surface area contributed by atoms with Crippen LogP contribution in [-0.2, 0) is 4.79 Å². The summed E-state index contributed by atoms with van der Waals surface area (Å²) in [5.74, 6) is 0.215. The lowest BCUT2D eigenvalue weighted by atomic mass is 10.2. The van der Waals surface area contributed by atoms with Crippen LogP contribution >= 0.6 is 11.6 Å². The molecule has 1 aromatic heterocycles. The molecule has 4 aromatic rings. The smallest absolute Gasteiger partial charge is 0.262 e. The number of amides is 1. The van der Waals surface area contributed by atoms with Crippen LogP contribution in [0.1, 0.15) is 0 Å². The van der Waals surface area contributed by atoms with Crippen LogP contribution in [0.2, 0.25) is 5.02 Å². The van der Waals surface area contributed by atoms with Gasteiger partial charge in [0, 0.05) is 11.3 Å². The highest BCUT2D eigenvalue weighted by Crippen LogP contribution is 2.32. The molecular weight excluding hydrogens is 409 g/mol. The first-order chi connectivity index (χ1) is 14.6. The van der Waals surface area contributed by atoms with E-state index in [2.05, 4.69) is 15.5 Å². The standard InChI is InChI=1S/C22H15ClFN3O3/c23-18-7-3-1-5-16(18)21-26-22(30-27-21)17-6-2-4-8-19(17)29-13-20(28)25-15-11-9-14(24)10-12-15/h1-12H,13H2,(H,25,28). The molecule has 1 heterocycles. The van der Waals surface area contributed by atoms with E-state index in [0.717, 1.165) is 0 Å². The number of benzene rings is 3. The van der Waals surface area contributed by atoms with Gasteiger partial charge in [0.05, 0.1) is 10.6 Å². The predicted molar refractivity (Wildman–Crippen MR) is 111 cm³/mol. The minimum absolute atomic E-state index is 0.236. The maximum absolute atomic E-state index is 13.0. The highest BCUT2D eigenvalue weighted by atomic mass is 35.5. The molecule has 150 valence electrons. The van der Waals surface area contributed by atoms with Crippen molar-refractivity contribution in [2.75, 3.05) is 11.9 Å². The average molecular weight is 424 g/mol. The Bertz CT molecular complexity index is 1180. The summed E-state index contributed by atoms with van der Waals surface area (Å²) in [4.78, 5) is 16.5. The lowest BCUT2D eigenvalue weighted by Crippen LogP contribution is -2.20. The second-order valence-corrected chi connectivity index (χ2v) is 6.65. The van der Waals surface area contributed by atoms with Crippen molar-refractivity contribution >= 4 is 23.2 Å². The molecular formula is C22H15ClFN3O3. The molecule has 0 aliphatic rings. The number of para-hydroxylation sites is 1. The molecule has 0 saturated heterocycles. The summed E-state index contributed by atoms with van der Waals surface area (Å²) in [5.41, 5.74) is 1.66. The first-order valence-corrected chi connectivity index (χ1v) is 9.34. The van der Waals surface area contributed by atoms with E-state index in [-0.39, 0.29) is 18.3 Å². The third-order valence-electron chi connectivity index (χ3n) is 4.15. The second-order valence-electron chi connectivity index (χ2n) is 6.24. The number of carbonyl (C=O) groups excluding carboxylic acids is 1. The van der Waals surface area contributed by atoms with E-state index in [1.807, 2.05) is 12.1 Å². The molecule has 1 amide bonds. The van der Waals surface area contributed by atoms with E-state index in [4.69, 9.17) is 20.9 Å². The molecule has 3 aromatic carbocycles. The lowest BCUT2D eigenvalue weighted by Gasteiger charge is -2.09. The molecule has 0 fully saturated rings. The summed E-state index contributed by atoms with van der Waals surface area (Å²) in [6.45, 7) is -0.250. The van der Waals surface area contributed by atoms with Gasteiger partial charge in [0.25, 0.3) is 11.8 Å². The number of nitrogens with zero attached hydrogens (tertiary/aromatic N) is 2. The number of hydrogen-bond acceptors (Lipinski definition) is 5. The minimum Gasteiger partial charge on any atom is -0.483 e. The SMILES string of the molecule is O=C(COc1ccccc1-c1nc(-c2ccccc2Cl)no1)Nc1ccc(F)cc1. The zero-order chi connectivity index (χ0) is 20.9. The molecule has 30 heavy (non-hydrogen) atoms. The predicted octanol–water partition coefficient (Wildman–Crippen LogP) is 5.21. The maximum Gasteiger partial charge on any atom is 0.262 e. The van der Waals surface area contributed by atoms with Crippen molar-refractivity contribution in [3.05, 3.63) is 83.6 Å². The number of anilines is 1. The van der Waals surface area contributed by atoms with Crippen molar-refractivity contribution in [2.45, 2.75) is 0 Å². The van der Waals surface area contributed by atoms with E-state index in [0.29, 0.717) is 33.4 Å². The Labute approximate surface area is 176 Å². The van der Waals surface area contributed by atoms with Crippen molar-refractivity contribution in [1.82, 2.24) is 10.1 Å². The van der Waals surface area contributed by atoms with E-state index >= 15 is 0 Å². The number of ether oxygens (including phenoxy) is 1. The van der Waals surface area contributed by atoms with Crippen LogP contribution in [0.3, 0.4) is 0 Å². The number of nitrogens with one attached hydrogen (secondary N) is 1. The number of hydrogen-bond donors (Lipinski definition) is 1. The quantitative estimate of drug-likeness (QED) is 0.460. The van der Waals surface area contributed by atoms with Gasteiger partial charge in [0.1, 0.15) is 11.6 Å². The lowest BCUT2D eigenvalue weighted by molar-refractivity contribution is -0.118. The van der Waals surface area contributed by atoms with Crippen molar-refractivity contribution < 1.29 is 18.4 Å². The Morgan fingerprint density at radius 1 is 1.00 bits per heavy atom.